The number of hydrogen-bond acceptors (Lipinski definition) is 3. The van der Waals surface area contributed by atoms with Crippen LogP contribution in [0.5, 0.6) is 0 Å². The van der Waals surface area contributed by atoms with Gasteiger partial charge in [0, 0.05) is 44.8 Å². The second kappa shape index (κ2) is 6.32. The number of benzene rings is 1. The summed E-state index contributed by atoms with van der Waals surface area (Å²) in [5.41, 5.74) is 1.91. The molecule has 3 rings (SSSR count). The lowest BCUT2D eigenvalue weighted by atomic mass is 10.1. The van der Waals surface area contributed by atoms with Gasteiger partial charge in [-0.3, -0.25) is 4.90 Å². The molecule has 0 aromatic heterocycles. The van der Waals surface area contributed by atoms with Gasteiger partial charge in [-0.1, -0.05) is 12.1 Å². The maximum atomic E-state index is 14.3. The van der Waals surface area contributed by atoms with Gasteiger partial charge in [0.25, 0.3) is 0 Å². The summed E-state index contributed by atoms with van der Waals surface area (Å²) in [4.78, 5) is 4.68. The van der Waals surface area contributed by atoms with Gasteiger partial charge in [-0.15, -0.1) is 0 Å². The van der Waals surface area contributed by atoms with E-state index in [2.05, 4.69) is 35.0 Å². The largest absolute Gasteiger partial charge is 0.366 e. The molecule has 0 amide bonds. The molecule has 2 aliphatic rings. The number of anilines is 1. The number of halogens is 1. The van der Waals surface area contributed by atoms with E-state index in [-0.39, 0.29) is 5.82 Å². The molecule has 1 saturated carbocycles. The topological polar surface area (TPSA) is 18.5 Å². The van der Waals surface area contributed by atoms with E-state index in [1.54, 1.807) is 6.07 Å². The molecule has 1 heterocycles. The van der Waals surface area contributed by atoms with Crippen molar-refractivity contribution in [3.05, 3.63) is 29.6 Å². The van der Waals surface area contributed by atoms with Crippen LogP contribution in [0.1, 0.15) is 32.3 Å². The molecule has 21 heavy (non-hydrogen) atoms. The standard InChI is InChI=1S/C17H26FN3/c1-13(2)20-8-10-21(11-9-20)17-14(4-3-5-16(17)18)12-19-15-6-7-15/h3-5,13,15,19H,6-12H2,1-2H3. The Labute approximate surface area is 127 Å². The maximum absolute atomic E-state index is 14.3. The zero-order valence-corrected chi connectivity index (χ0v) is 13.1. The fourth-order valence-corrected chi connectivity index (χ4v) is 3.06. The van der Waals surface area contributed by atoms with Crippen LogP contribution < -0.4 is 10.2 Å². The quantitative estimate of drug-likeness (QED) is 0.899. The van der Waals surface area contributed by atoms with Crippen LogP contribution in [0.25, 0.3) is 0 Å². The predicted octanol–water partition coefficient (Wildman–Crippen LogP) is 2.61. The second-order valence-corrected chi connectivity index (χ2v) is 6.52. The van der Waals surface area contributed by atoms with Crippen LogP contribution in [0.2, 0.25) is 0 Å². The Morgan fingerprint density at radius 3 is 2.52 bits per heavy atom. The van der Waals surface area contributed by atoms with E-state index in [0.29, 0.717) is 12.1 Å². The fraction of sp³-hybridized carbons (Fsp3) is 0.647. The van der Waals surface area contributed by atoms with Crippen molar-refractivity contribution < 1.29 is 4.39 Å². The lowest BCUT2D eigenvalue weighted by Crippen LogP contribution is -2.49. The molecule has 0 bridgehead atoms. The molecule has 3 nitrogen and oxygen atoms in total. The molecule has 1 aromatic carbocycles. The molecule has 0 spiro atoms. The maximum Gasteiger partial charge on any atom is 0.146 e. The third-order valence-electron chi connectivity index (χ3n) is 4.59. The van der Waals surface area contributed by atoms with Crippen molar-refractivity contribution in [1.29, 1.82) is 0 Å². The van der Waals surface area contributed by atoms with E-state index >= 15 is 0 Å². The van der Waals surface area contributed by atoms with Crippen LogP contribution in [0.15, 0.2) is 18.2 Å². The summed E-state index contributed by atoms with van der Waals surface area (Å²) < 4.78 is 14.3. The SMILES string of the molecule is CC(C)N1CCN(c2c(F)cccc2CNC2CC2)CC1. The summed E-state index contributed by atoms with van der Waals surface area (Å²) in [5, 5.41) is 3.50. The van der Waals surface area contributed by atoms with Crippen LogP contribution >= 0.6 is 0 Å². The van der Waals surface area contributed by atoms with Crippen molar-refractivity contribution in [2.75, 3.05) is 31.1 Å². The summed E-state index contributed by atoms with van der Waals surface area (Å²) in [5.74, 6) is -0.0805. The molecule has 1 aliphatic carbocycles. The van der Waals surface area contributed by atoms with Gasteiger partial charge in [-0.2, -0.15) is 0 Å². The van der Waals surface area contributed by atoms with Crippen LogP contribution in [0.3, 0.4) is 0 Å². The normalized spacial score (nSPS) is 20.3. The average Bonchev–Trinajstić information content (AvgIpc) is 3.29. The first-order chi connectivity index (χ1) is 10.1. The van der Waals surface area contributed by atoms with Crippen molar-refractivity contribution in [3.8, 4) is 0 Å². The van der Waals surface area contributed by atoms with Gasteiger partial charge >= 0.3 is 0 Å². The van der Waals surface area contributed by atoms with Crippen molar-refractivity contribution in [1.82, 2.24) is 10.2 Å². The molecule has 1 aromatic rings. The third kappa shape index (κ3) is 3.55. The highest BCUT2D eigenvalue weighted by Crippen LogP contribution is 2.27. The summed E-state index contributed by atoms with van der Waals surface area (Å²) in [6.45, 7) is 9.09. The van der Waals surface area contributed by atoms with Gasteiger partial charge in [-0.25, -0.2) is 4.39 Å². The minimum Gasteiger partial charge on any atom is -0.366 e. The molecule has 0 radical (unpaired) electrons. The van der Waals surface area contributed by atoms with Crippen LogP contribution in [0.4, 0.5) is 10.1 Å². The summed E-state index contributed by atoms with van der Waals surface area (Å²) in [7, 11) is 0. The number of piperazine rings is 1. The molecule has 4 heteroatoms. The molecule has 116 valence electrons. The van der Waals surface area contributed by atoms with E-state index in [0.717, 1.165) is 44.0 Å². The van der Waals surface area contributed by atoms with Crippen LogP contribution in [-0.4, -0.2) is 43.2 Å². The fourth-order valence-electron chi connectivity index (χ4n) is 3.06. The Kier molecular flexibility index (Phi) is 4.45. The Morgan fingerprint density at radius 1 is 1.19 bits per heavy atom. The van der Waals surface area contributed by atoms with Gasteiger partial charge in [0.15, 0.2) is 0 Å². The second-order valence-electron chi connectivity index (χ2n) is 6.52. The number of hydrogen-bond donors (Lipinski definition) is 1. The minimum absolute atomic E-state index is 0.0805. The first-order valence-corrected chi connectivity index (χ1v) is 8.15. The van der Waals surface area contributed by atoms with Gasteiger partial charge in [0.05, 0.1) is 5.69 Å². The zero-order valence-electron chi connectivity index (χ0n) is 13.1. The number of para-hydroxylation sites is 1. The molecule has 2 fully saturated rings. The third-order valence-corrected chi connectivity index (χ3v) is 4.59. The van der Waals surface area contributed by atoms with Gasteiger partial charge < -0.3 is 10.2 Å². The number of rotatable bonds is 5. The molecule has 1 saturated heterocycles. The van der Waals surface area contributed by atoms with E-state index in [4.69, 9.17) is 0 Å². The van der Waals surface area contributed by atoms with Gasteiger partial charge in [0.1, 0.15) is 5.82 Å². The Morgan fingerprint density at radius 2 is 1.90 bits per heavy atom. The van der Waals surface area contributed by atoms with E-state index < -0.39 is 0 Å². The van der Waals surface area contributed by atoms with E-state index in [1.165, 1.54) is 12.8 Å². The molecule has 0 unspecified atom stereocenters. The van der Waals surface area contributed by atoms with E-state index in [1.807, 2.05) is 6.07 Å². The molecular weight excluding hydrogens is 265 g/mol. The molecule has 1 aliphatic heterocycles. The minimum atomic E-state index is -0.0805. The predicted molar refractivity (Wildman–Crippen MR) is 85.2 cm³/mol. The average molecular weight is 291 g/mol. The highest BCUT2D eigenvalue weighted by atomic mass is 19.1. The number of nitrogens with zero attached hydrogens (tertiary/aromatic N) is 2. The van der Waals surface area contributed by atoms with Crippen molar-refractivity contribution in [3.63, 3.8) is 0 Å². The van der Waals surface area contributed by atoms with Crippen LogP contribution in [-0.2, 0) is 6.54 Å². The van der Waals surface area contributed by atoms with E-state index in [9.17, 15) is 4.39 Å². The highest BCUT2D eigenvalue weighted by Gasteiger charge is 2.24. The number of nitrogens with one attached hydrogen (secondary N) is 1. The Balaban J connectivity index is 1.71. The monoisotopic (exact) mass is 291 g/mol. The Bertz CT molecular complexity index is 477. The lowest BCUT2D eigenvalue weighted by molar-refractivity contribution is 0.209. The van der Waals surface area contributed by atoms with Crippen molar-refractivity contribution in [2.24, 2.45) is 0 Å². The summed E-state index contributed by atoms with van der Waals surface area (Å²) >= 11 is 0. The van der Waals surface area contributed by atoms with Gasteiger partial charge in [0.2, 0.25) is 0 Å². The van der Waals surface area contributed by atoms with Crippen molar-refractivity contribution >= 4 is 5.69 Å². The van der Waals surface area contributed by atoms with Gasteiger partial charge in [-0.05, 0) is 38.3 Å². The van der Waals surface area contributed by atoms with Crippen LogP contribution in [0, 0.1) is 5.82 Å². The highest BCUT2D eigenvalue weighted by molar-refractivity contribution is 5.55. The first-order valence-electron chi connectivity index (χ1n) is 8.15. The first kappa shape index (κ1) is 14.8. The summed E-state index contributed by atoms with van der Waals surface area (Å²) in [6.07, 6.45) is 2.52. The lowest BCUT2D eigenvalue weighted by Gasteiger charge is -2.39. The Hall–Kier alpha value is -1.13. The zero-order chi connectivity index (χ0) is 14.8. The van der Waals surface area contributed by atoms with Crippen molar-refractivity contribution in [2.45, 2.75) is 45.3 Å². The molecule has 0 atom stereocenters. The molecule has 1 N–H and O–H groups in total. The smallest absolute Gasteiger partial charge is 0.146 e. The molecular formula is C17H26FN3. The summed E-state index contributed by atoms with van der Waals surface area (Å²) in [6, 6.07) is 6.70.